The molecular weight excluding hydrogens is 234 g/mol. The molecule has 2 rings (SSSR count). The Labute approximate surface area is 103 Å². The van der Waals surface area contributed by atoms with E-state index in [1.807, 2.05) is 6.07 Å². The van der Waals surface area contributed by atoms with Gasteiger partial charge in [0.15, 0.2) is 0 Å². The van der Waals surface area contributed by atoms with Gasteiger partial charge in [-0.25, -0.2) is 9.78 Å². The maximum absolute atomic E-state index is 12.1. The highest BCUT2D eigenvalue weighted by atomic mass is 16.4. The number of aromatic nitrogens is 1. The van der Waals surface area contributed by atoms with Crippen LogP contribution in [-0.4, -0.2) is 39.5 Å². The number of nitriles is 1. The fraction of sp³-hybridized carbons (Fsp3) is 0.333. The third-order valence-corrected chi connectivity index (χ3v) is 2.91. The van der Waals surface area contributed by atoms with Gasteiger partial charge in [-0.05, 0) is 25.0 Å². The summed E-state index contributed by atoms with van der Waals surface area (Å²) in [7, 11) is 0. The lowest BCUT2D eigenvalue weighted by Gasteiger charge is -2.20. The van der Waals surface area contributed by atoms with Gasteiger partial charge in [0, 0.05) is 12.7 Å². The fourth-order valence-corrected chi connectivity index (χ4v) is 2.00. The van der Waals surface area contributed by atoms with E-state index in [1.165, 1.54) is 23.2 Å². The largest absolute Gasteiger partial charge is 0.480 e. The predicted molar refractivity (Wildman–Crippen MR) is 60.6 cm³/mol. The van der Waals surface area contributed by atoms with Crippen molar-refractivity contribution in [3.63, 3.8) is 0 Å². The average Bonchev–Trinajstić information content (AvgIpc) is 2.87. The molecule has 0 unspecified atom stereocenters. The van der Waals surface area contributed by atoms with Crippen LogP contribution in [0.15, 0.2) is 18.3 Å². The number of likely N-dealkylation sites (tertiary alicyclic amines) is 1. The zero-order valence-electron chi connectivity index (χ0n) is 9.54. The van der Waals surface area contributed by atoms with E-state index in [9.17, 15) is 9.59 Å². The normalized spacial score (nSPS) is 18.4. The minimum Gasteiger partial charge on any atom is -0.480 e. The summed E-state index contributed by atoms with van der Waals surface area (Å²) >= 11 is 0. The highest BCUT2D eigenvalue weighted by Gasteiger charge is 2.34. The second-order valence-corrected chi connectivity index (χ2v) is 4.04. The number of carboxylic acids is 1. The summed E-state index contributed by atoms with van der Waals surface area (Å²) in [6.45, 7) is 0.428. The van der Waals surface area contributed by atoms with Gasteiger partial charge in [0.1, 0.15) is 17.8 Å². The van der Waals surface area contributed by atoms with Crippen LogP contribution < -0.4 is 0 Å². The van der Waals surface area contributed by atoms with Crippen molar-refractivity contribution in [2.45, 2.75) is 18.9 Å². The van der Waals surface area contributed by atoms with E-state index in [1.54, 1.807) is 0 Å². The molecule has 2 heterocycles. The number of amides is 1. The molecule has 1 saturated heterocycles. The molecule has 92 valence electrons. The lowest BCUT2D eigenvalue weighted by atomic mass is 10.2. The first-order chi connectivity index (χ1) is 8.63. The summed E-state index contributed by atoms with van der Waals surface area (Å²) in [5, 5.41) is 17.6. The van der Waals surface area contributed by atoms with Gasteiger partial charge in [-0.15, -0.1) is 0 Å². The summed E-state index contributed by atoms with van der Waals surface area (Å²) in [5.74, 6) is -1.39. The predicted octanol–water partition coefficient (Wildman–Crippen LogP) is 0.642. The van der Waals surface area contributed by atoms with Gasteiger partial charge < -0.3 is 10.0 Å². The van der Waals surface area contributed by atoms with Crippen LogP contribution in [0.4, 0.5) is 0 Å². The molecule has 6 nitrogen and oxygen atoms in total. The van der Waals surface area contributed by atoms with Gasteiger partial charge >= 0.3 is 5.97 Å². The van der Waals surface area contributed by atoms with Crippen molar-refractivity contribution in [2.24, 2.45) is 0 Å². The Balaban J connectivity index is 2.20. The molecule has 1 fully saturated rings. The number of aliphatic carboxylic acids is 1. The minimum absolute atomic E-state index is 0.169. The molecule has 1 aliphatic rings. The van der Waals surface area contributed by atoms with Crippen LogP contribution in [0, 0.1) is 11.3 Å². The maximum Gasteiger partial charge on any atom is 0.326 e. The number of carboxylic acid groups (broad SMARTS) is 1. The molecule has 1 aliphatic heterocycles. The van der Waals surface area contributed by atoms with E-state index < -0.39 is 17.9 Å². The van der Waals surface area contributed by atoms with Crippen LogP contribution >= 0.6 is 0 Å². The fourth-order valence-electron chi connectivity index (χ4n) is 2.00. The molecule has 1 atom stereocenters. The van der Waals surface area contributed by atoms with Gasteiger partial charge in [0.05, 0.1) is 5.56 Å². The molecular formula is C12H11N3O3. The van der Waals surface area contributed by atoms with Crippen molar-refractivity contribution in [1.82, 2.24) is 9.88 Å². The first-order valence-electron chi connectivity index (χ1n) is 5.53. The molecule has 6 heteroatoms. The van der Waals surface area contributed by atoms with Crippen molar-refractivity contribution in [1.29, 1.82) is 5.26 Å². The molecule has 0 aliphatic carbocycles. The molecule has 0 saturated carbocycles. The standard InChI is InChI=1S/C12H11N3O3/c13-6-8-3-4-9(14-7-8)11(16)15-5-1-2-10(15)12(17)18/h3-4,7,10H,1-2,5H2,(H,17,18)/t10-/m1/s1. The molecule has 1 amide bonds. The molecule has 1 N–H and O–H groups in total. The van der Waals surface area contributed by atoms with E-state index >= 15 is 0 Å². The number of carbonyl (C=O) groups excluding carboxylic acids is 1. The van der Waals surface area contributed by atoms with Crippen molar-refractivity contribution >= 4 is 11.9 Å². The molecule has 0 spiro atoms. The SMILES string of the molecule is N#Cc1ccc(C(=O)N2CCC[C@@H]2C(=O)O)nc1. The van der Waals surface area contributed by atoms with E-state index in [-0.39, 0.29) is 5.69 Å². The molecule has 18 heavy (non-hydrogen) atoms. The van der Waals surface area contributed by atoms with Crippen LogP contribution in [0.1, 0.15) is 28.9 Å². The first-order valence-corrected chi connectivity index (χ1v) is 5.53. The van der Waals surface area contributed by atoms with Crippen molar-refractivity contribution in [3.8, 4) is 6.07 Å². The number of nitrogens with zero attached hydrogens (tertiary/aromatic N) is 3. The Hall–Kier alpha value is -2.42. The summed E-state index contributed by atoms with van der Waals surface area (Å²) < 4.78 is 0. The van der Waals surface area contributed by atoms with E-state index in [2.05, 4.69) is 4.98 Å². The smallest absolute Gasteiger partial charge is 0.326 e. The number of hydrogen-bond acceptors (Lipinski definition) is 4. The van der Waals surface area contributed by atoms with Crippen LogP contribution in [-0.2, 0) is 4.79 Å². The third kappa shape index (κ3) is 2.15. The minimum atomic E-state index is -0.991. The van der Waals surface area contributed by atoms with Crippen molar-refractivity contribution in [2.75, 3.05) is 6.54 Å². The number of pyridine rings is 1. The Morgan fingerprint density at radius 1 is 1.50 bits per heavy atom. The lowest BCUT2D eigenvalue weighted by Crippen LogP contribution is -2.40. The van der Waals surface area contributed by atoms with Gasteiger partial charge in [-0.2, -0.15) is 5.26 Å². The van der Waals surface area contributed by atoms with E-state index in [4.69, 9.17) is 10.4 Å². The van der Waals surface area contributed by atoms with Gasteiger partial charge in [0.2, 0.25) is 0 Å². The van der Waals surface area contributed by atoms with Crippen LogP contribution in [0.5, 0.6) is 0 Å². The van der Waals surface area contributed by atoms with Crippen LogP contribution in [0.25, 0.3) is 0 Å². The summed E-state index contributed by atoms with van der Waals surface area (Å²) in [4.78, 5) is 28.3. The maximum atomic E-state index is 12.1. The second kappa shape index (κ2) is 4.84. The Bertz CT molecular complexity index is 518. The molecule has 1 aromatic rings. The third-order valence-electron chi connectivity index (χ3n) is 2.91. The Morgan fingerprint density at radius 3 is 2.83 bits per heavy atom. The number of rotatable bonds is 2. The zero-order chi connectivity index (χ0) is 13.1. The quantitative estimate of drug-likeness (QED) is 0.825. The molecule has 1 aromatic heterocycles. The molecule has 0 radical (unpaired) electrons. The summed E-state index contributed by atoms with van der Waals surface area (Å²) in [6, 6.07) is 4.07. The van der Waals surface area contributed by atoms with Crippen LogP contribution in [0.2, 0.25) is 0 Å². The van der Waals surface area contributed by atoms with Crippen molar-refractivity contribution < 1.29 is 14.7 Å². The highest BCUT2D eigenvalue weighted by Crippen LogP contribution is 2.19. The van der Waals surface area contributed by atoms with Crippen molar-refractivity contribution in [3.05, 3.63) is 29.6 Å². The Kier molecular flexibility index (Phi) is 3.24. The summed E-state index contributed by atoms with van der Waals surface area (Å²) in [5.41, 5.74) is 0.532. The van der Waals surface area contributed by atoms with Gasteiger partial charge in [0.25, 0.3) is 5.91 Å². The number of carbonyl (C=O) groups is 2. The second-order valence-electron chi connectivity index (χ2n) is 4.04. The topological polar surface area (TPSA) is 94.3 Å². The van der Waals surface area contributed by atoms with E-state index in [0.717, 1.165) is 0 Å². The molecule has 0 aromatic carbocycles. The molecule has 0 bridgehead atoms. The summed E-state index contributed by atoms with van der Waals surface area (Å²) in [6.07, 6.45) is 2.45. The first kappa shape index (κ1) is 12.0. The average molecular weight is 245 g/mol. The van der Waals surface area contributed by atoms with Gasteiger partial charge in [-0.1, -0.05) is 0 Å². The highest BCUT2D eigenvalue weighted by molar-refractivity contribution is 5.95. The number of hydrogen-bond donors (Lipinski definition) is 1. The lowest BCUT2D eigenvalue weighted by molar-refractivity contribution is -0.141. The zero-order valence-corrected chi connectivity index (χ0v) is 9.54. The van der Waals surface area contributed by atoms with Gasteiger partial charge in [-0.3, -0.25) is 4.79 Å². The van der Waals surface area contributed by atoms with E-state index in [0.29, 0.717) is 24.9 Å². The Morgan fingerprint density at radius 2 is 2.28 bits per heavy atom. The monoisotopic (exact) mass is 245 g/mol. The van der Waals surface area contributed by atoms with Crippen LogP contribution in [0.3, 0.4) is 0 Å².